The fourth-order valence-corrected chi connectivity index (χ4v) is 1.75. The molecular weight excluding hydrogens is 246 g/mol. The monoisotopic (exact) mass is 263 g/mol. The van der Waals surface area contributed by atoms with Crippen molar-refractivity contribution >= 4 is 0 Å². The Labute approximate surface area is 104 Å². The van der Waals surface area contributed by atoms with Gasteiger partial charge in [-0.2, -0.15) is 8.78 Å². The van der Waals surface area contributed by atoms with E-state index in [0.29, 0.717) is 0 Å². The van der Waals surface area contributed by atoms with E-state index in [4.69, 9.17) is 0 Å². The maximum atomic E-state index is 13.5. The van der Waals surface area contributed by atoms with Crippen LogP contribution in [0.25, 0.3) is 0 Å². The Morgan fingerprint density at radius 3 is 2.22 bits per heavy atom. The van der Waals surface area contributed by atoms with E-state index < -0.39 is 18.4 Å². The van der Waals surface area contributed by atoms with Crippen molar-refractivity contribution in [2.45, 2.75) is 39.2 Å². The van der Waals surface area contributed by atoms with Crippen LogP contribution in [0.2, 0.25) is 0 Å². The third kappa shape index (κ3) is 3.02. The minimum absolute atomic E-state index is 0.185. The van der Waals surface area contributed by atoms with Gasteiger partial charge in [-0.15, -0.1) is 0 Å². The van der Waals surface area contributed by atoms with Crippen LogP contribution in [0.1, 0.15) is 29.7 Å². The Bertz CT molecular complexity index is 404. The van der Waals surface area contributed by atoms with Gasteiger partial charge in [-0.25, -0.2) is 8.78 Å². The van der Waals surface area contributed by atoms with Crippen LogP contribution in [-0.2, 0) is 0 Å². The van der Waals surface area contributed by atoms with E-state index in [2.05, 4.69) is 5.32 Å². The van der Waals surface area contributed by atoms with Crippen molar-refractivity contribution < 1.29 is 17.6 Å². The predicted octanol–water partition coefficient (Wildman–Crippen LogP) is 3.85. The quantitative estimate of drug-likeness (QED) is 0.795. The fraction of sp³-hybridized carbons (Fsp3) is 0.538. The van der Waals surface area contributed by atoms with Gasteiger partial charge in [-0.3, -0.25) is 0 Å². The van der Waals surface area contributed by atoms with Crippen LogP contribution in [0.15, 0.2) is 18.2 Å². The molecule has 0 radical (unpaired) electrons. The number of aryl methyl sites for hydroxylation is 2. The molecule has 0 aliphatic carbocycles. The smallest absolute Gasteiger partial charge is 0.305 e. The highest BCUT2D eigenvalue weighted by Crippen LogP contribution is 2.37. The highest BCUT2D eigenvalue weighted by molar-refractivity contribution is 5.32. The number of nitrogens with one attached hydrogen (secondary N) is 1. The van der Waals surface area contributed by atoms with Crippen molar-refractivity contribution in [1.82, 2.24) is 5.32 Å². The van der Waals surface area contributed by atoms with E-state index in [0.717, 1.165) is 11.1 Å². The van der Waals surface area contributed by atoms with Crippen molar-refractivity contribution in [3.05, 3.63) is 34.9 Å². The predicted molar refractivity (Wildman–Crippen MR) is 63.3 cm³/mol. The number of hydrogen-bond acceptors (Lipinski definition) is 1. The maximum absolute atomic E-state index is 13.5. The van der Waals surface area contributed by atoms with Gasteiger partial charge in [0.25, 0.3) is 0 Å². The zero-order valence-electron chi connectivity index (χ0n) is 10.6. The van der Waals surface area contributed by atoms with Crippen molar-refractivity contribution in [3.8, 4) is 0 Å². The first-order chi connectivity index (χ1) is 8.30. The molecule has 0 saturated carbocycles. The lowest BCUT2D eigenvalue weighted by Crippen LogP contribution is -2.42. The number of hydrogen-bond donors (Lipinski definition) is 1. The lowest BCUT2D eigenvalue weighted by Gasteiger charge is -2.27. The summed E-state index contributed by atoms with van der Waals surface area (Å²) in [7, 11) is 0. The summed E-state index contributed by atoms with van der Waals surface area (Å²) < 4.78 is 51.9. The van der Waals surface area contributed by atoms with Gasteiger partial charge in [0, 0.05) is 0 Å². The molecular formula is C13H17F4N. The van der Waals surface area contributed by atoms with Gasteiger partial charge in [0.1, 0.15) is 6.04 Å². The highest BCUT2D eigenvalue weighted by Gasteiger charge is 2.49. The third-order valence-corrected chi connectivity index (χ3v) is 2.95. The molecule has 1 N–H and O–H groups in total. The molecule has 1 aromatic rings. The molecule has 1 aromatic carbocycles. The van der Waals surface area contributed by atoms with Gasteiger partial charge in [0.2, 0.25) is 0 Å². The van der Waals surface area contributed by atoms with Crippen LogP contribution in [0, 0.1) is 13.8 Å². The Morgan fingerprint density at radius 2 is 1.78 bits per heavy atom. The first-order valence-corrected chi connectivity index (χ1v) is 5.77. The molecule has 0 amide bonds. The SMILES string of the molecule is CCNC(c1ccc(C)c(C)c1)C(F)(F)C(F)F. The second-order valence-electron chi connectivity index (χ2n) is 4.31. The molecule has 0 saturated heterocycles. The Hall–Kier alpha value is -1.10. The van der Waals surface area contributed by atoms with Crippen molar-refractivity contribution in [1.29, 1.82) is 0 Å². The van der Waals surface area contributed by atoms with Crippen LogP contribution in [-0.4, -0.2) is 18.9 Å². The highest BCUT2D eigenvalue weighted by atomic mass is 19.3. The molecule has 0 aromatic heterocycles. The van der Waals surface area contributed by atoms with Crippen LogP contribution >= 0.6 is 0 Å². The van der Waals surface area contributed by atoms with Gasteiger partial charge in [0.05, 0.1) is 0 Å². The van der Waals surface area contributed by atoms with E-state index in [1.165, 1.54) is 12.1 Å². The van der Waals surface area contributed by atoms with Crippen LogP contribution in [0.4, 0.5) is 17.6 Å². The average Bonchev–Trinajstić information content (AvgIpc) is 2.29. The number of alkyl halides is 4. The molecule has 0 bridgehead atoms. The summed E-state index contributed by atoms with van der Waals surface area (Å²) >= 11 is 0. The van der Waals surface area contributed by atoms with Gasteiger partial charge in [-0.05, 0) is 37.1 Å². The number of halogens is 4. The molecule has 1 rings (SSSR count). The summed E-state index contributed by atoms with van der Waals surface area (Å²) in [5.41, 5.74) is 1.93. The number of rotatable bonds is 5. The second-order valence-corrected chi connectivity index (χ2v) is 4.31. The summed E-state index contributed by atoms with van der Waals surface area (Å²) in [4.78, 5) is 0. The molecule has 1 nitrogen and oxygen atoms in total. The minimum Gasteiger partial charge on any atom is -0.305 e. The van der Waals surface area contributed by atoms with Crippen molar-refractivity contribution in [2.24, 2.45) is 0 Å². The molecule has 18 heavy (non-hydrogen) atoms. The lowest BCUT2D eigenvalue weighted by atomic mass is 9.97. The normalized spacial score (nSPS) is 14.0. The summed E-state index contributed by atoms with van der Waals surface area (Å²) in [6.45, 7) is 5.41. The molecule has 102 valence electrons. The van der Waals surface area contributed by atoms with E-state index in [1.807, 2.05) is 6.92 Å². The van der Waals surface area contributed by atoms with Crippen LogP contribution in [0.5, 0.6) is 0 Å². The zero-order valence-corrected chi connectivity index (χ0v) is 10.6. The summed E-state index contributed by atoms with van der Waals surface area (Å²) in [5.74, 6) is -4.09. The average molecular weight is 263 g/mol. The molecule has 1 atom stereocenters. The summed E-state index contributed by atoms with van der Waals surface area (Å²) in [5, 5.41) is 2.44. The Kier molecular flexibility index (Phi) is 4.73. The first kappa shape index (κ1) is 15.0. The summed E-state index contributed by atoms with van der Waals surface area (Å²) in [6, 6.07) is 2.99. The van der Waals surface area contributed by atoms with Gasteiger partial charge >= 0.3 is 12.3 Å². The zero-order chi connectivity index (χ0) is 13.9. The number of benzene rings is 1. The van der Waals surface area contributed by atoms with Crippen molar-refractivity contribution in [3.63, 3.8) is 0 Å². The minimum atomic E-state index is -4.09. The Morgan fingerprint density at radius 1 is 1.17 bits per heavy atom. The topological polar surface area (TPSA) is 12.0 Å². The van der Waals surface area contributed by atoms with E-state index in [9.17, 15) is 17.6 Å². The molecule has 0 fully saturated rings. The second kappa shape index (κ2) is 5.69. The molecule has 0 spiro atoms. The van der Waals surface area contributed by atoms with Gasteiger partial charge in [-0.1, -0.05) is 25.1 Å². The Balaban J connectivity index is 3.15. The standard InChI is InChI=1S/C13H17F4N/c1-4-18-11(13(16,17)12(14)15)10-6-5-8(2)9(3)7-10/h5-7,11-12,18H,4H2,1-3H3. The first-order valence-electron chi connectivity index (χ1n) is 5.77. The molecule has 1 unspecified atom stereocenters. The van der Waals surface area contributed by atoms with Gasteiger partial charge < -0.3 is 5.32 Å². The molecule has 0 aliphatic rings. The third-order valence-electron chi connectivity index (χ3n) is 2.95. The van der Waals surface area contributed by atoms with Crippen LogP contribution < -0.4 is 5.32 Å². The van der Waals surface area contributed by atoms with E-state index >= 15 is 0 Å². The van der Waals surface area contributed by atoms with E-state index in [1.54, 1.807) is 19.9 Å². The maximum Gasteiger partial charge on any atom is 0.326 e. The lowest BCUT2D eigenvalue weighted by molar-refractivity contribution is -0.151. The molecule has 0 aliphatic heterocycles. The largest absolute Gasteiger partial charge is 0.326 e. The summed E-state index contributed by atoms with van der Waals surface area (Å²) in [6.07, 6.45) is -3.69. The molecule has 5 heteroatoms. The van der Waals surface area contributed by atoms with Crippen LogP contribution in [0.3, 0.4) is 0 Å². The molecule has 0 heterocycles. The van der Waals surface area contributed by atoms with Gasteiger partial charge in [0.15, 0.2) is 0 Å². The fourth-order valence-electron chi connectivity index (χ4n) is 1.75. The van der Waals surface area contributed by atoms with Crippen molar-refractivity contribution in [2.75, 3.05) is 6.54 Å². The van der Waals surface area contributed by atoms with E-state index in [-0.39, 0.29) is 12.1 Å².